The maximum atomic E-state index is 2.52. The van der Waals surface area contributed by atoms with Gasteiger partial charge in [-0.05, 0) is 58.9 Å². The van der Waals surface area contributed by atoms with Gasteiger partial charge in [-0.3, -0.25) is 0 Å². The van der Waals surface area contributed by atoms with Crippen molar-refractivity contribution in [3.8, 4) is 0 Å². The van der Waals surface area contributed by atoms with E-state index in [4.69, 9.17) is 0 Å². The molecule has 0 spiro atoms. The first-order chi connectivity index (χ1) is 12.3. The normalized spacial score (nSPS) is 13.0. The lowest BCUT2D eigenvalue weighted by Gasteiger charge is -2.25. The van der Waals surface area contributed by atoms with Crippen LogP contribution in [0.4, 0.5) is 0 Å². The van der Waals surface area contributed by atoms with Gasteiger partial charge in [-0.15, -0.1) is 0 Å². The van der Waals surface area contributed by atoms with Crippen LogP contribution in [-0.2, 0) is 0 Å². The summed E-state index contributed by atoms with van der Waals surface area (Å²) in [5.74, 6) is 0. The van der Waals surface area contributed by atoms with Crippen molar-refractivity contribution in [3.05, 3.63) is 65.3 Å². The van der Waals surface area contributed by atoms with Gasteiger partial charge in [0.25, 0.3) is 0 Å². The molecule has 0 unspecified atom stereocenters. The SMILES string of the molecule is CC(C)=CCC/C(C)=C/CC/C(=C/CCI)C[Si](C)(C)c1ccccc1. The average molecular weight is 481 g/mol. The quantitative estimate of drug-likeness (QED) is 0.131. The molecule has 1 rings (SSSR count). The van der Waals surface area contributed by atoms with Crippen molar-refractivity contribution in [2.45, 2.75) is 72.0 Å². The molecule has 1 aromatic carbocycles. The van der Waals surface area contributed by atoms with E-state index in [9.17, 15) is 0 Å². The van der Waals surface area contributed by atoms with E-state index in [0.717, 1.165) is 0 Å². The molecule has 0 aliphatic heterocycles. The molecule has 0 amide bonds. The van der Waals surface area contributed by atoms with Crippen LogP contribution < -0.4 is 5.19 Å². The zero-order valence-electron chi connectivity index (χ0n) is 17.4. The zero-order valence-corrected chi connectivity index (χ0v) is 20.6. The third-order valence-electron chi connectivity index (χ3n) is 4.82. The molecule has 26 heavy (non-hydrogen) atoms. The Morgan fingerprint density at radius 2 is 1.54 bits per heavy atom. The molecule has 2 heteroatoms. The standard InChI is InChI=1S/C24H37ISi/c1-21(2)12-9-13-22(3)14-10-15-23(16-11-19-25)20-26(4,5)24-17-7-6-8-18-24/h6-8,12,14,16-18H,9-11,13,15,19-20H2,1-5H3/b22-14+,23-16-. The van der Waals surface area contributed by atoms with Crippen molar-refractivity contribution in [1.29, 1.82) is 0 Å². The predicted molar refractivity (Wildman–Crippen MR) is 132 cm³/mol. The Hall–Kier alpha value is -0.613. The largest absolute Gasteiger partial charge is 0.0860 e. The smallest absolute Gasteiger partial charge is 0.0845 e. The molecular formula is C24H37ISi. The van der Waals surface area contributed by atoms with Gasteiger partial charge in [0.1, 0.15) is 0 Å². The molecule has 0 saturated carbocycles. The van der Waals surface area contributed by atoms with E-state index < -0.39 is 8.07 Å². The lowest BCUT2D eigenvalue weighted by Crippen LogP contribution is -2.41. The fraction of sp³-hybridized carbons (Fsp3) is 0.500. The average Bonchev–Trinajstić information content (AvgIpc) is 2.59. The van der Waals surface area contributed by atoms with E-state index in [-0.39, 0.29) is 0 Å². The molecule has 0 aliphatic carbocycles. The molecule has 0 bridgehead atoms. The van der Waals surface area contributed by atoms with Crippen LogP contribution in [0, 0.1) is 0 Å². The van der Waals surface area contributed by atoms with Gasteiger partial charge in [-0.1, -0.05) is 106 Å². The monoisotopic (exact) mass is 480 g/mol. The molecule has 0 aliphatic rings. The maximum absolute atomic E-state index is 2.52. The Bertz CT molecular complexity index is 604. The lowest BCUT2D eigenvalue weighted by atomic mass is 10.1. The molecule has 0 atom stereocenters. The minimum atomic E-state index is -1.40. The molecule has 0 heterocycles. The first-order valence-electron chi connectivity index (χ1n) is 9.93. The summed E-state index contributed by atoms with van der Waals surface area (Å²) in [5, 5.41) is 1.58. The van der Waals surface area contributed by atoms with Gasteiger partial charge in [0, 0.05) is 4.43 Å². The van der Waals surface area contributed by atoms with E-state index >= 15 is 0 Å². The van der Waals surface area contributed by atoms with E-state index in [1.807, 2.05) is 0 Å². The van der Waals surface area contributed by atoms with Gasteiger partial charge in [0.15, 0.2) is 0 Å². The van der Waals surface area contributed by atoms with Crippen molar-refractivity contribution in [2.24, 2.45) is 0 Å². The summed E-state index contributed by atoms with van der Waals surface area (Å²) in [6.45, 7) is 11.7. The highest BCUT2D eigenvalue weighted by molar-refractivity contribution is 14.1. The first kappa shape index (κ1) is 23.4. The van der Waals surface area contributed by atoms with Gasteiger partial charge in [-0.2, -0.15) is 0 Å². The molecule has 0 aromatic heterocycles. The lowest BCUT2D eigenvalue weighted by molar-refractivity contribution is 0.911. The molecule has 0 radical (unpaired) electrons. The Morgan fingerprint density at radius 3 is 2.15 bits per heavy atom. The highest BCUT2D eigenvalue weighted by atomic mass is 127. The number of allylic oxidation sites excluding steroid dienone is 6. The van der Waals surface area contributed by atoms with Crippen molar-refractivity contribution in [3.63, 3.8) is 0 Å². The Morgan fingerprint density at radius 1 is 0.885 bits per heavy atom. The summed E-state index contributed by atoms with van der Waals surface area (Å²) < 4.78 is 1.21. The third kappa shape index (κ3) is 9.91. The van der Waals surface area contributed by atoms with Crippen molar-refractivity contribution in [1.82, 2.24) is 0 Å². The van der Waals surface area contributed by atoms with E-state index in [1.54, 1.807) is 10.8 Å². The molecular weight excluding hydrogens is 443 g/mol. The number of hydrogen-bond donors (Lipinski definition) is 0. The Labute approximate surface area is 177 Å². The maximum Gasteiger partial charge on any atom is 0.0845 e. The summed E-state index contributed by atoms with van der Waals surface area (Å²) in [6.07, 6.45) is 13.3. The van der Waals surface area contributed by atoms with Gasteiger partial charge < -0.3 is 0 Å². The minimum Gasteiger partial charge on any atom is -0.0860 e. The summed E-state index contributed by atoms with van der Waals surface area (Å²) in [7, 11) is -1.40. The van der Waals surface area contributed by atoms with Crippen LogP contribution in [-0.4, -0.2) is 12.5 Å². The Kier molecular flexibility index (Phi) is 11.5. The second kappa shape index (κ2) is 12.7. The molecule has 0 saturated heterocycles. The number of hydrogen-bond acceptors (Lipinski definition) is 0. The van der Waals surface area contributed by atoms with Crippen LogP contribution in [0.25, 0.3) is 0 Å². The number of rotatable bonds is 11. The number of alkyl halides is 1. The molecule has 1 aromatic rings. The first-order valence-corrected chi connectivity index (χ1v) is 14.7. The minimum absolute atomic E-state index is 1.18. The summed E-state index contributed by atoms with van der Waals surface area (Å²) >= 11 is 2.49. The van der Waals surface area contributed by atoms with Crippen LogP contribution in [0.15, 0.2) is 65.3 Å². The fourth-order valence-corrected chi connectivity index (χ4v) is 6.34. The van der Waals surface area contributed by atoms with E-state index in [2.05, 4.69) is 105 Å². The summed E-state index contributed by atoms with van der Waals surface area (Å²) in [6, 6.07) is 12.5. The van der Waals surface area contributed by atoms with E-state index in [1.165, 1.54) is 53.7 Å². The molecule has 0 nitrogen and oxygen atoms in total. The van der Waals surface area contributed by atoms with Crippen LogP contribution in [0.1, 0.15) is 52.9 Å². The van der Waals surface area contributed by atoms with Gasteiger partial charge in [0.05, 0.1) is 8.07 Å². The van der Waals surface area contributed by atoms with Crippen molar-refractivity contribution < 1.29 is 0 Å². The Balaban J connectivity index is 2.66. The molecule has 0 N–H and O–H groups in total. The predicted octanol–water partition coefficient (Wildman–Crippen LogP) is 7.83. The van der Waals surface area contributed by atoms with Gasteiger partial charge in [0.2, 0.25) is 0 Å². The van der Waals surface area contributed by atoms with Crippen LogP contribution in [0.2, 0.25) is 19.1 Å². The second-order valence-corrected chi connectivity index (χ2v) is 14.0. The van der Waals surface area contributed by atoms with Gasteiger partial charge in [-0.25, -0.2) is 0 Å². The highest BCUT2D eigenvalue weighted by Gasteiger charge is 2.24. The molecule has 0 fully saturated rings. The number of benzene rings is 1. The number of halogens is 1. The summed E-state index contributed by atoms with van der Waals surface area (Å²) in [5.41, 5.74) is 4.64. The van der Waals surface area contributed by atoms with Crippen molar-refractivity contribution in [2.75, 3.05) is 4.43 Å². The van der Waals surface area contributed by atoms with Gasteiger partial charge >= 0.3 is 0 Å². The topological polar surface area (TPSA) is 0 Å². The van der Waals surface area contributed by atoms with Crippen molar-refractivity contribution >= 4 is 35.9 Å². The van der Waals surface area contributed by atoms with E-state index in [0.29, 0.717) is 0 Å². The van der Waals surface area contributed by atoms with Crippen LogP contribution >= 0.6 is 22.6 Å². The third-order valence-corrected chi connectivity index (χ3v) is 8.67. The zero-order chi connectivity index (χ0) is 19.4. The molecule has 144 valence electrons. The van der Waals surface area contributed by atoms with Crippen LogP contribution in [0.3, 0.4) is 0 Å². The van der Waals surface area contributed by atoms with Crippen LogP contribution in [0.5, 0.6) is 0 Å². The second-order valence-electron chi connectivity index (χ2n) is 8.18. The highest BCUT2D eigenvalue weighted by Crippen LogP contribution is 2.22. The fourth-order valence-electron chi connectivity index (χ4n) is 3.27. The summed E-state index contributed by atoms with van der Waals surface area (Å²) in [4.78, 5) is 0.